The molecule has 1 N–H and O–H groups in total. The lowest BCUT2D eigenvalue weighted by molar-refractivity contribution is -0.274. The lowest BCUT2D eigenvalue weighted by Gasteiger charge is -2.14. The van der Waals surface area contributed by atoms with E-state index in [1.54, 1.807) is 0 Å². The number of hydrogen-bond acceptors (Lipinski definition) is 6. The predicted octanol–water partition coefficient (Wildman–Crippen LogP) is 5.41. The Morgan fingerprint density at radius 3 is 2.52 bits per heavy atom. The van der Waals surface area contributed by atoms with E-state index < -0.39 is 11.6 Å². The van der Waals surface area contributed by atoms with Crippen molar-refractivity contribution in [3.05, 3.63) is 48.5 Å². The Labute approximate surface area is 191 Å². The molecule has 7 nitrogen and oxygen atoms in total. The first-order valence-corrected chi connectivity index (χ1v) is 11.1. The number of aryl methyl sites for hydroxylation is 1. The maximum absolute atomic E-state index is 12.8. The van der Waals surface area contributed by atoms with Gasteiger partial charge in [-0.05, 0) is 43.7 Å². The molecule has 0 aliphatic heterocycles. The Morgan fingerprint density at radius 1 is 1.12 bits per heavy atom. The fourth-order valence-corrected chi connectivity index (χ4v) is 4.29. The molecule has 1 amide bonds. The van der Waals surface area contributed by atoms with Gasteiger partial charge in [-0.3, -0.25) is 4.79 Å². The number of carbonyl (C=O) groups is 1. The molecule has 11 heteroatoms. The van der Waals surface area contributed by atoms with Gasteiger partial charge >= 0.3 is 6.36 Å². The standard InChI is InChI=1S/C22H20F3N5O2S/c1-3-17(20(31)26-13-9-11-14(12-10-13)32-22(23,24)25)33-21-27-19-18(28-29-21)15-7-5-6-8-16(15)30(19)4-2/h5-12,17H,3-4H2,1-2H3,(H,26,31). The highest BCUT2D eigenvalue weighted by Gasteiger charge is 2.31. The molecule has 0 spiro atoms. The van der Waals surface area contributed by atoms with Crippen LogP contribution < -0.4 is 10.1 Å². The molecular weight excluding hydrogens is 455 g/mol. The summed E-state index contributed by atoms with van der Waals surface area (Å²) in [5, 5.41) is 12.1. The first-order valence-electron chi connectivity index (χ1n) is 10.2. The van der Waals surface area contributed by atoms with Crippen molar-refractivity contribution in [1.29, 1.82) is 0 Å². The Morgan fingerprint density at radius 2 is 1.85 bits per heavy atom. The molecule has 2 aromatic heterocycles. The number of halogens is 3. The van der Waals surface area contributed by atoms with Crippen LogP contribution in [0.3, 0.4) is 0 Å². The molecule has 172 valence electrons. The van der Waals surface area contributed by atoms with Crippen LogP contribution in [0.15, 0.2) is 53.7 Å². The van der Waals surface area contributed by atoms with E-state index in [1.165, 1.54) is 23.9 Å². The van der Waals surface area contributed by atoms with Gasteiger partial charge in [0.05, 0.1) is 10.8 Å². The van der Waals surface area contributed by atoms with E-state index in [2.05, 4.69) is 29.8 Å². The first kappa shape index (κ1) is 22.8. The number of amides is 1. The van der Waals surface area contributed by atoms with Gasteiger partial charge in [0.25, 0.3) is 0 Å². The summed E-state index contributed by atoms with van der Waals surface area (Å²) >= 11 is 1.19. The summed E-state index contributed by atoms with van der Waals surface area (Å²) < 4.78 is 42.8. The van der Waals surface area contributed by atoms with Gasteiger partial charge in [0, 0.05) is 17.6 Å². The quantitative estimate of drug-likeness (QED) is 0.360. The highest BCUT2D eigenvalue weighted by Crippen LogP contribution is 2.29. The van der Waals surface area contributed by atoms with E-state index in [0.29, 0.717) is 35.0 Å². The number of ether oxygens (including phenoxy) is 1. The molecule has 0 aliphatic carbocycles. The number of nitrogens with zero attached hydrogens (tertiary/aromatic N) is 4. The zero-order valence-electron chi connectivity index (χ0n) is 17.8. The third-order valence-electron chi connectivity index (χ3n) is 4.94. The van der Waals surface area contributed by atoms with Crippen LogP contribution >= 0.6 is 11.8 Å². The molecule has 4 rings (SSSR count). The Kier molecular flexibility index (Phi) is 6.41. The first-order chi connectivity index (χ1) is 15.8. The third-order valence-corrected chi connectivity index (χ3v) is 6.15. The van der Waals surface area contributed by atoms with Gasteiger partial charge in [-0.25, -0.2) is 4.98 Å². The van der Waals surface area contributed by atoms with E-state index in [4.69, 9.17) is 0 Å². The van der Waals surface area contributed by atoms with Crippen LogP contribution in [0.2, 0.25) is 0 Å². The van der Waals surface area contributed by atoms with Crippen LogP contribution in [0.5, 0.6) is 5.75 Å². The Bertz CT molecular complexity index is 1290. The van der Waals surface area contributed by atoms with Crippen molar-refractivity contribution in [2.24, 2.45) is 0 Å². The van der Waals surface area contributed by atoms with E-state index >= 15 is 0 Å². The van der Waals surface area contributed by atoms with Crippen molar-refractivity contribution in [3.8, 4) is 5.75 Å². The number of thioether (sulfide) groups is 1. The maximum atomic E-state index is 12.8. The van der Waals surface area contributed by atoms with Crippen LogP contribution in [0.25, 0.3) is 22.1 Å². The SMILES string of the molecule is CCC(Sc1nnc2c3ccccc3n(CC)c2n1)C(=O)Nc1ccc(OC(F)(F)F)cc1. The summed E-state index contributed by atoms with van der Waals surface area (Å²) in [5.41, 5.74) is 2.78. The van der Waals surface area contributed by atoms with Crippen LogP contribution in [-0.2, 0) is 11.3 Å². The van der Waals surface area contributed by atoms with Gasteiger partial charge in [-0.15, -0.1) is 23.4 Å². The zero-order valence-corrected chi connectivity index (χ0v) is 18.6. The van der Waals surface area contributed by atoms with Gasteiger partial charge in [0.15, 0.2) is 5.65 Å². The van der Waals surface area contributed by atoms with E-state index in [-0.39, 0.29) is 11.7 Å². The molecule has 4 aromatic rings. The second kappa shape index (κ2) is 9.26. The summed E-state index contributed by atoms with van der Waals surface area (Å²) in [6.45, 7) is 4.58. The Balaban J connectivity index is 1.51. The second-order valence-electron chi connectivity index (χ2n) is 7.10. The molecular formula is C22H20F3N5O2S. The predicted molar refractivity (Wildman–Crippen MR) is 120 cm³/mol. The number of rotatable bonds is 7. The average Bonchev–Trinajstić information content (AvgIpc) is 3.10. The monoisotopic (exact) mass is 475 g/mol. The number of para-hydroxylation sites is 1. The molecule has 1 unspecified atom stereocenters. The molecule has 2 heterocycles. The minimum atomic E-state index is -4.77. The van der Waals surface area contributed by atoms with Gasteiger partial charge in [0.1, 0.15) is 11.3 Å². The second-order valence-corrected chi connectivity index (χ2v) is 8.27. The van der Waals surface area contributed by atoms with Crippen LogP contribution in [0.1, 0.15) is 20.3 Å². The van der Waals surface area contributed by atoms with Gasteiger partial charge in [0.2, 0.25) is 11.1 Å². The van der Waals surface area contributed by atoms with Crippen LogP contribution in [-0.4, -0.2) is 37.3 Å². The lowest BCUT2D eigenvalue weighted by Crippen LogP contribution is -2.25. The normalized spacial score (nSPS) is 12.8. The minimum absolute atomic E-state index is 0.313. The number of anilines is 1. The number of benzene rings is 2. The van der Waals surface area contributed by atoms with E-state index in [1.807, 2.05) is 38.1 Å². The van der Waals surface area contributed by atoms with E-state index in [0.717, 1.165) is 23.0 Å². The summed E-state index contributed by atoms with van der Waals surface area (Å²) in [4.78, 5) is 17.4. The highest BCUT2D eigenvalue weighted by atomic mass is 32.2. The topological polar surface area (TPSA) is 81.9 Å². The number of hydrogen-bond donors (Lipinski definition) is 1. The lowest BCUT2D eigenvalue weighted by atomic mass is 10.2. The molecule has 1 atom stereocenters. The summed E-state index contributed by atoms with van der Waals surface area (Å²) in [6, 6.07) is 12.8. The number of aromatic nitrogens is 4. The Hall–Kier alpha value is -3.34. The minimum Gasteiger partial charge on any atom is -0.406 e. The molecule has 0 aliphatic rings. The number of alkyl halides is 3. The van der Waals surface area contributed by atoms with Crippen molar-refractivity contribution in [2.75, 3.05) is 5.32 Å². The number of fused-ring (bicyclic) bond motifs is 3. The third kappa shape index (κ3) is 5.03. The van der Waals surface area contributed by atoms with Crippen molar-refractivity contribution in [1.82, 2.24) is 19.7 Å². The molecule has 2 aromatic carbocycles. The molecule has 33 heavy (non-hydrogen) atoms. The molecule has 0 saturated carbocycles. The van der Waals surface area contributed by atoms with Crippen molar-refractivity contribution >= 4 is 45.4 Å². The maximum Gasteiger partial charge on any atom is 0.573 e. The average molecular weight is 475 g/mol. The summed E-state index contributed by atoms with van der Waals surface area (Å²) in [6.07, 6.45) is -4.28. The van der Waals surface area contributed by atoms with Crippen LogP contribution in [0, 0.1) is 0 Å². The summed E-state index contributed by atoms with van der Waals surface area (Å²) in [7, 11) is 0. The van der Waals surface area contributed by atoms with Gasteiger partial charge in [-0.2, -0.15) is 0 Å². The van der Waals surface area contributed by atoms with Crippen molar-refractivity contribution in [3.63, 3.8) is 0 Å². The summed E-state index contributed by atoms with van der Waals surface area (Å²) in [5.74, 6) is -0.673. The smallest absolute Gasteiger partial charge is 0.406 e. The molecule has 0 fully saturated rings. The van der Waals surface area contributed by atoms with Crippen molar-refractivity contribution in [2.45, 2.75) is 43.6 Å². The fraction of sp³-hybridized carbons (Fsp3) is 0.273. The molecule has 0 saturated heterocycles. The largest absolute Gasteiger partial charge is 0.573 e. The number of carbonyl (C=O) groups excluding carboxylic acids is 1. The highest BCUT2D eigenvalue weighted by molar-refractivity contribution is 8.00. The van der Waals surface area contributed by atoms with Crippen molar-refractivity contribution < 1.29 is 22.7 Å². The fourth-order valence-electron chi connectivity index (χ4n) is 3.47. The van der Waals surface area contributed by atoms with Gasteiger partial charge in [-0.1, -0.05) is 36.9 Å². The van der Waals surface area contributed by atoms with E-state index in [9.17, 15) is 18.0 Å². The molecule has 0 bridgehead atoms. The zero-order chi connectivity index (χ0) is 23.6. The number of nitrogens with one attached hydrogen (secondary N) is 1. The molecule has 0 radical (unpaired) electrons. The van der Waals surface area contributed by atoms with Crippen LogP contribution in [0.4, 0.5) is 18.9 Å². The van der Waals surface area contributed by atoms with Gasteiger partial charge < -0.3 is 14.6 Å².